The van der Waals surface area contributed by atoms with E-state index in [1.54, 1.807) is 65.1 Å². The summed E-state index contributed by atoms with van der Waals surface area (Å²) in [6, 6.07) is 9.12. The highest BCUT2D eigenvalue weighted by Crippen LogP contribution is 2.43. The first-order chi connectivity index (χ1) is 17.9. The Hall–Kier alpha value is -3.59. The molecule has 1 aliphatic carbocycles. The lowest BCUT2D eigenvalue weighted by Crippen LogP contribution is -2.18. The molecule has 198 valence electrons. The van der Waals surface area contributed by atoms with Crippen LogP contribution in [-0.2, 0) is 19.4 Å². The highest BCUT2D eigenvalue weighted by Gasteiger charge is 2.28. The minimum Gasteiger partial charge on any atom is -0.497 e. The summed E-state index contributed by atoms with van der Waals surface area (Å²) in [6.45, 7) is 2.70. The van der Waals surface area contributed by atoms with Crippen LogP contribution in [0.2, 0.25) is 0 Å². The number of carbonyl (C=O) groups is 1. The second-order valence-corrected chi connectivity index (χ2v) is 10.0. The molecule has 1 heterocycles. The SMILES string of the molecule is COc1ccc(OC)c(NC(=O)c2c(NCc3ccc(OC)c(OC)c3OC)sc3c2CC[C@@H](C)C3)c1. The van der Waals surface area contributed by atoms with Gasteiger partial charge in [0.2, 0.25) is 5.75 Å². The standard InChI is InChI=1S/C28H34N2O6S/c1-16-7-10-19-23(13-16)37-28(29-15-17-8-11-22(34-4)26(36-6)25(17)35-5)24(19)27(31)30-20-14-18(32-2)9-12-21(20)33-3/h8-9,11-12,14,16,29H,7,10,13,15H2,1-6H3,(H,30,31)/t16-/m1/s1. The maximum Gasteiger partial charge on any atom is 0.259 e. The summed E-state index contributed by atoms with van der Waals surface area (Å²) in [5.74, 6) is 3.33. The van der Waals surface area contributed by atoms with Crippen LogP contribution in [0.15, 0.2) is 30.3 Å². The van der Waals surface area contributed by atoms with Gasteiger partial charge in [-0.2, -0.15) is 0 Å². The largest absolute Gasteiger partial charge is 0.497 e. The monoisotopic (exact) mass is 526 g/mol. The molecule has 1 amide bonds. The second-order valence-electron chi connectivity index (χ2n) is 8.92. The fraction of sp³-hybridized carbons (Fsp3) is 0.393. The van der Waals surface area contributed by atoms with Gasteiger partial charge in [-0.15, -0.1) is 11.3 Å². The fourth-order valence-electron chi connectivity index (χ4n) is 4.69. The van der Waals surface area contributed by atoms with Gasteiger partial charge in [0.25, 0.3) is 5.91 Å². The van der Waals surface area contributed by atoms with Crippen molar-refractivity contribution in [3.05, 3.63) is 51.9 Å². The van der Waals surface area contributed by atoms with Crippen molar-refractivity contribution in [2.24, 2.45) is 5.92 Å². The van der Waals surface area contributed by atoms with Crippen LogP contribution in [0.5, 0.6) is 28.7 Å². The van der Waals surface area contributed by atoms with Gasteiger partial charge in [-0.25, -0.2) is 0 Å². The average Bonchev–Trinajstić information content (AvgIpc) is 3.28. The predicted molar refractivity (Wildman–Crippen MR) is 146 cm³/mol. The van der Waals surface area contributed by atoms with E-state index < -0.39 is 0 Å². The van der Waals surface area contributed by atoms with Crippen molar-refractivity contribution in [1.29, 1.82) is 0 Å². The van der Waals surface area contributed by atoms with Crippen LogP contribution in [0.1, 0.15) is 39.7 Å². The molecule has 3 aromatic rings. The molecule has 2 aromatic carbocycles. The smallest absolute Gasteiger partial charge is 0.259 e. The van der Waals surface area contributed by atoms with Gasteiger partial charge in [0.1, 0.15) is 16.5 Å². The molecule has 1 aromatic heterocycles. The molecule has 2 N–H and O–H groups in total. The summed E-state index contributed by atoms with van der Waals surface area (Å²) in [6.07, 6.45) is 2.88. The van der Waals surface area contributed by atoms with Gasteiger partial charge >= 0.3 is 0 Å². The van der Waals surface area contributed by atoms with Crippen molar-refractivity contribution < 1.29 is 28.5 Å². The van der Waals surface area contributed by atoms with Gasteiger partial charge < -0.3 is 34.3 Å². The summed E-state index contributed by atoms with van der Waals surface area (Å²) >= 11 is 1.65. The van der Waals surface area contributed by atoms with Crippen LogP contribution >= 0.6 is 11.3 Å². The number of anilines is 2. The van der Waals surface area contributed by atoms with Crippen molar-refractivity contribution in [1.82, 2.24) is 0 Å². The minimum absolute atomic E-state index is 0.180. The molecule has 0 bridgehead atoms. The topological polar surface area (TPSA) is 87.3 Å². The Morgan fingerprint density at radius 2 is 1.68 bits per heavy atom. The molecule has 8 nitrogen and oxygen atoms in total. The Morgan fingerprint density at radius 1 is 0.946 bits per heavy atom. The van der Waals surface area contributed by atoms with Crippen LogP contribution in [0.25, 0.3) is 0 Å². The van der Waals surface area contributed by atoms with Gasteiger partial charge in [-0.05, 0) is 55.0 Å². The summed E-state index contributed by atoms with van der Waals surface area (Å²) in [4.78, 5) is 15.0. The van der Waals surface area contributed by atoms with E-state index in [1.807, 2.05) is 12.1 Å². The number of thiophene rings is 1. The lowest BCUT2D eigenvalue weighted by molar-refractivity contribution is 0.102. The van der Waals surface area contributed by atoms with Crippen molar-refractivity contribution in [2.45, 2.75) is 32.7 Å². The number of ether oxygens (including phenoxy) is 5. The molecule has 0 saturated heterocycles. The number of methoxy groups -OCH3 is 5. The van der Waals surface area contributed by atoms with Crippen LogP contribution in [0.3, 0.4) is 0 Å². The number of rotatable bonds is 10. The molecule has 0 fully saturated rings. The third-order valence-electron chi connectivity index (χ3n) is 6.62. The lowest BCUT2D eigenvalue weighted by Gasteiger charge is -2.19. The molecule has 1 aliphatic rings. The number of carbonyl (C=O) groups excluding carboxylic acids is 1. The zero-order valence-electron chi connectivity index (χ0n) is 22.2. The van der Waals surface area contributed by atoms with E-state index in [0.717, 1.165) is 35.4 Å². The van der Waals surface area contributed by atoms with E-state index in [9.17, 15) is 4.79 Å². The van der Waals surface area contributed by atoms with Gasteiger partial charge in [0.05, 0.1) is 46.8 Å². The zero-order chi connectivity index (χ0) is 26.5. The first kappa shape index (κ1) is 26.5. The molecular weight excluding hydrogens is 492 g/mol. The quantitative estimate of drug-likeness (QED) is 0.346. The van der Waals surface area contributed by atoms with E-state index in [-0.39, 0.29) is 5.91 Å². The van der Waals surface area contributed by atoms with E-state index in [0.29, 0.717) is 52.5 Å². The molecule has 0 aliphatic heterocycles. The lowest BCUT2D eigenvalue weighted by atomic mass is 9.88. The molecule has 1 atom stereocenters. The van der Waals surface area contributed by atoms with Gasteiger partial charge in [-0.3, -0.25) is 4.79 Å². The molecule has 0 radical (unpaired) electrons. The number of hydrogen-bond donors (Lipinski definition) is 2. The van der Waals surface area contributed by atoms with Crippen LogP contribution < -0.4 is 34.3 Å². The highest BCUT2D eigenvalue weighted by atomic mass is 32.1. The Labute approximate surface area is 221 Å². The second kappa shape index (κ2) is 11.6. The van der Waals surface area contributed by atoms with Crippen LogP contribution in [0.4, 0.5) is 10.7 Å². The summed E-state index contributed by atoms with van der Waals surface area (Å²) < 4.78 is 27.4. The molecular formula is C28H34N2O6S. The Balaban J connectivity index is 1.68. The molecule has 0 saturated carbocycles. The molecule has 37 heavy (non-hydrogen) atoms. The summed E-state index contributed by atoms with van der Waals surface area (Å²) in [5, 5.41) is 7.39. The first-order valence-corrected chi connectivity index (χ1v) is 12.9. The molecule has 0 unspecified atom stereocenters. The number of hydrogen-bond acceptors (Lipinski definition) is 8. The van der Waals surface area contributed by atoms with E-state index in [2.05, 4.69) is 17.6 Å². The number of nitrogens with one attached hydrogen (secondary N) is 2. The normalized spacial score (nSPS) is 14.4. The number of benzene rings is 2. The van der Waals surface area contributed by atoms with Crippen molar-refractivity contribution in [3.63, 3.8) is 0 Å². The van der Waals surface area contributed by atoms with E-state index in [1.165, 1.54) is 4.88 Å². The number of amides is 1. The maximum atomic E-state index is 13.7. The number of fused-ring (bicyclic) bond motifs is 1. The van der Waals surface area contributed by atoms with Crippen LogP contribution in [-0.4, -0.2) is 41.5 Å². The maximum absolute atomic E-state index is 13.7. The summed E-state index contributed by atoms with van der Waals surface area (Å²) in [7, 11) is 7.95. The predicted octanol–water partition coefficient (Wildman–Crippen LogP) is 5.78. The molecule has 9 heteroatoms. The van der Waals surface area contributed by atoms with Gasteiger partial charge in [0.15, 0.2) is 11.5 Å². The van der Waals surface area contributed by atoms with E-state index >= 15 is 0 Å². The molecule has 0 spiro atoms. The van der Waals surface area contributed by atoms with Gasteiger partial charge in [-0.1, -0.05) is 6.92 Å². The Bertz CT molecular complexity index is 1270. The fourth-order valence-corrected chi connectivity index (χ4v) is 6.09. The third-order valence-corrected chi connectivity index (χ3v) is 7.83. The highest BCUT2D eigenvalue weighted by molar-refractivity contribution is 7.16. The van der Waals surface area contributed by atoms with Crippen LogP contribution in [0, 0.1) is 5.92 Å². The molecule has 4 rings (SSSR count). The average molecular weight is 527 g/mol. The Kier molecular flexibility index (Phi) is 8.33. The third kappa shape index (κ3) is 5.41. The zero-order valence-corrected chi connectivity index (χ0v) is 23.0. The Morgan fingerprint density at radius 3 is 2.35 bits per heavy atom. The van der Waals surface area contributed by atoms with E-state index in [4.69, 9.17) is 23.7 Å². The minimum atomic E-state index is -0.180. The van der Waals surface area contributed by atoms with Crippen molar-refractivity contribution >= 4 is 27.9 Å². The van der Waals surface area contributed by atoms with Crippen molar-refractivity contribution in [3.8, 4) is 28.7 Å². The van der Waals surface area contributed by atoms with Gasteiger partial charge in [0, 0.05) is 23.1 Å². The first-order valence-electron chi connectivity index (χ1n) is 12.1. The van der Waals surface area contributed by atoms with Crippen molar-refractivity contribution in [2.75, 3.05) is 46.2 Å². The summed E-state index contributed by atoms with van der Waals surface area (Å²) in [5.41, 5.74) is 3.24.